The molecule has 108 valence electrons. The van der Waals surface area contributed by atoms with Crippen LogP contribution in [-0.2, 0) is 10.0 Å². The van der Waals surface area contributed by atoms with Gasteiger partial charge in [-0.25, -0.2) is 13.1 Å². The first-order valence-electron chi connectivity index (χ1n) is 6.20. The van der Waals surface area contributed by atoms with Gasteiger partial charge in [-0.2, -0.15) is 0 Å². The van der Waals surface area contributed by atoms with Crippen LogP contribution in [0.3, 0.4) is 0 Å². The average Bonchev–Trinajstić information content (AvgIpc) is 2.41. The zero-order chi connectivity index (χ0) is 14.5. The first kappa shape index (κ1) is 16.8. The van der Waals surface area contributed by atoms with Gasteiger partial charge in [0.05, 0.1) is 4.90 Å². The number of alkyl halides is 1. The molecular formula is C13H19Cl2NO2S. The first-order valence-corrected chi connectivity index (χ1v) is 8.60. The van der Waals surface area contributed by atoms with Crippen LogP contribution in [0.5, 0.6) is 0 Å². The molecular weight excluding hydrogens is 305 g/mol. The summed E-state index contributed by atoms with van der Waals surface area (Å²) in [6.07, 6.45) is 1.65. The molecule has 0 heterocycles. The molecule has 0 radical (unpaired) electrons. The van der Waals surface area contributed by atoms with E-state index in [9.17, 15) is 8.42 Å². The molecule has 0 saturated carbocycles. The smallest absolute Gasteiger partial charge is 0.211 e. The lowest BCUT2D eigenvalue weighted by Crippen LogP contribution is -2.38. The fraction of sp³-hybridized carbons (Fsp3) is 0.538. The molecule has 0 aliphatic heterocycles. The number of rotatable bonds is 7. The van der Waals surface area contributed by atoms with Crippen LogP contribution in [0, 0.1) is 5.41 Å². The number of halogens is 2. The quantitative estimate of drug-likeness (QED) is 0.778. The van der Waals surface area contributed by atoms with Crippen molar-refractivity contribution in [3.8, 4) is 0 Å². The number of sulfonamides is 1. The Kier molecular flexibility index (Phi) is 6.12. The van der Waals surface area contributed by atoms with E-state index in [-0.39, 0.29) is 10.3 Å². The fourth-order valence-corrected chi connectivity index (χ4v) is 3.63. The molecule has 0 bridgehead atoms. The maximum absolute atomic E-state index is 12.2. The van der Waals surface area contributed by atoms with Gasteiger partial charge >= 0.3 is 0 Å². The monoisotopic (exact) mass is 323 g/mol. The third-order valence-corrected chi connectivity index (χ3v) is 5.73. The minimum absolute atomic E-state index is 0.177. The van der Waals surface area contributed by atoms with Crippen molar-refractivity contribution in [3.05, 3.63) is 29.3 Å². The minimum atomic E-state index is -3.54. The zero-order valence-corrected chi connectivity index (χ0v) is 13.4. The molecule has 1 aromatic carbocycles. The molecule has 3 nitrogen and oxygen atoms in total. The third kappa shape index (κ3) is 4.35. The van der Waals surface area contributed by atoms with E-state index < -0.39 is 10.0 Å². The largest absolute Gasteiger partial charge is 0.240 e. The molecule has 1 rings (SSSR count). The van der Waals surface area contributed by atoms with Crippen LogP contribution in [0.2, 0.25) is 5.02 Å². The van der Waals surface area contributed by atoms with Crippen LogP contribution >= 0.6 is 23.2 Å². The minimum Gasteiger partial charge on any atom is -0.211 e. The molecule has 6 heteroatoms. The fourth-order valence-electron chi connectivity index (χ4n) is 1.70. The Balaban J connectivity index is 2.87. The molecule has 0 aromatic heterocycles. The van der Waals surface area contributed by atoms with Gasteiger partial charge in [-0.1, -0.05) is 31.5 Å². The Labute approximate surface area is 125 Å². The van der Waals surface area contributed by atoms with Crippen molar-refractivity contribution in [2.75, 3.05) is 12.4 Å². The highest BCUT2D eigenvalue weighted by Crippen LogP contribution is 2.27. The van der Waals surface area contributed by atoms with Crippen molar-refractivity contribution in [2.45, 2.75) is 31.6 Å². The maximum Gasteiger partial charge on any atom is 0.240 e. The third-order valence-electron chi connectivity index (χ3n) is 3.53. The van der Waals surface area contributed by atoms with Gasteiger partial charge in [0, 0.05) is 17.4 Å². The van der Waals surface area contributed by atoms with Gasteiger partial charge in [-0.3, -0.25) is 0 Å². The predicted octanol–water partition coefficient (Wildman–Crippen LogP) is 3.66. The van der Waals surface area contributed by atoms with Crippen molar-refractivity contribution in [1.82, 2.24) is 4.72 Å². The van der Waals surface area contributed by atoms with Crippen LogP contribution in [0.25, 0.3) is 0 Å². The van der Waals surface area contributed by atoms with E-state index >= 15 is 0 Å². The highest BCUT2D eigenvalue weighted by atomic mass is 35.5. The second-order valence-electron chi connectivity index (χ2n) is 4.62. The van der Waals surface area contributed by atoms with E-state index in [1.807, 2.05) is 13.8 Å². The lowest BCUT2D eigenvalue weighted by Gasteiger charge is -2.29. The van der Waals surface area contributed by atoms with Crippen molar-refractivity contribution >= 4 is 33.2 Å². The van der Waals surface area contributed by atoms with Crippen LogP contribution in [0.15, 0.2) is 29.2 Å². The highest BCUT2D eigenvalue weighted by molar-refractivity contribution is 7.89. The Morgan fingerprint density at radius 1 is 1.26 bits per heavy atom. The molecule has 1 aromatic rings. The zero-order valence-electron chi connectivity index (χ0n) is 11.1. The summed E-state index contributed by atoms with van der Waals surface area (Å²) in [6, 6.07) is 6.21. The predicted molar refractivity (Wildman–Crippen MR) is 80.4 cm³/mol. The molecule has 19 heavy (non-hydrogen) atoms. The summed E-state index contributed by atoms with van der Waals surface area (Å²) in [5, 5.41) is 0.400. The van der Waals surface area contributed by atoms with Gasteiger partial charge in [0.15, 0.2) is 0 Å². The number of hydrogen-bond acceptors (Lipinski definition) is 2. The Hall–Kier alpha value is -0.290. The highest BCUT2D eigenvalue weighted by Gasteiger charge is 2.27. The summed E-state index contributed by atoms with van der Waals surface area (Å²) in [4.78, 5) is 0.177. The van der Waals surface area contributed by atoms with Crippen LogP contribution in [0.4, 0.5) is 0 Å². The van der Waals surface area contributed by atoms with Crippen molar-refractivity contribution in [1.29, 1.82) is 0 Å². The topological polar surface area (TPSA) is 46.2 Å². The summed E-state index contributed by atoms with van der Waals surface area (Å²) in [5.41, 5.74) is -0.201. The number of hydrogen-bond donors (Lipinski definition) is 1. The number of benzene rings is 1. The van der Waals surface area contributed by atoms with Gasteiger partial charge in [-0.05, 0) is 36.5 Å². The Morgan fingerprint density at radius 2 is 1.89 bits per heavy atom. The van der Waals surface area contributed by atoms with Gasteiger partial charge in [-0.15, -0.1) is 11.6 Å². The van der Waals surface area contributed by atoms with Crippen molar-refractivity contribution < 1.29 is 8.42 Å². The summed E-state index contributed by atoms with van der Waals surface area (Å²) in [6.45, 7) is 4.36. The summed E-state index contributed by atoms with van der Waals surface area (Å²) in [5.74, 6) is 0.429. The van der Waals surface area contributed by atoms with E-state index in [1.165, 1.54) is 12.1 Å². The molecule has 0 saturated heterocycles. The molecule has 0 fully saturated rings. The summed E-state index contributed by atoms with van der Waals surface area (Å²) in [7, 11) is -3.54. The van der Waals surface area contributed by atoms with E-state index in [2.05, 4.69) is 4.72 Å². The number of nitrogens with one attached hydrogen (secondary N) is 1. The van der Waals surface area contributed by atoms with Crippen LogP contribution in [-0.4, -0.2) is 20.8 Å². The molecule has 1 N–H and O–H groups in total. The normalized spacial score (nSPS) is 12.6. The molecule has 0 aliphatic rings. The second-order valence-corrected chi connectivity index (χ2v) is 7.09. The molecule has 0 aliphatic carbocycles. The van der Waals surface area contributed by atoms with Gasteiger partial charge in [0.1, 0.15) is 0 Å². The Bertz CT molecular complexity index is 505. The first-order chi connectivity index (χ1) is 8.89. The lowest BCUT2D eigenvalue weighted by atomic mass is 9.85. The Morgan fingerprint density at radius 3 is 2.37 bits per heavy atom. The van der Waals surface area contributed by atoms with Gasteiger partial charge in [0.2, 0.25) is 10.0 Å². The van der Waals surface area contributed by atoms with E-state index in [1.54, 1.807) is 12.1 Å². The van der Waals surface area contributed by atoms with Gasteiger partial charge in [0.25, 0.3) is 0 Å². The van der Waals surface area contributed by atoms with Gasteiger partial charge < -0.3 is 0 Å². The second kappa shape index (κ2) is 6.93. The van der Waals surface area contributed by atoms with Crippen molar-refractivity contribution in [2.24, 2.45) is 5.41 Å². The lowest BCUT2D eigenvalue weighted by molar-refractivity contribution is 0.304. The molecule has 0 spiro atoms. The summed E-state index contributed by atoms with van der Waals surface area (Å²) < 4.78 is 27.0. The van der Waals surface area contributed by atoms with E-state index in [4.69, 9.17) is 23.2 Å². The average molecular weight is 324 g/mol. The van der Waals surface area contributed by atoms with E-state index in [0.717, 1.165) is 12.8 Å². The SMILES string of the molecule is CCC(CC)(CCl)CNS(=O)(=O)c1cccc(Cl)c1. The summed E-state index contributed by atoms with van der Waals surface area (Å²) >= 11 is 11.8. The van der Waals surface area contributed by atoms with Crippen molar-refractivity contribution in [3.63, 3.8) is 0 Å². The molecule has 0 atom stereocenters. The van der Waals surface area contributed by atoms with Crippen LogP contribution in [0.1, 0.15) is 26.7 Å². The van der Waals surface area contributed by atoms with Crippen LogP contribution < -0.4 is 4.72 Å². The standard InChI is InChI=1S/C13H19Cl2NO2S/c1-3-13(4-2,9-14)10-16-19(17,18)12-7-5-6-11(15)8-12/h5-8,16H,3-4,9-10H2,1-2H3. The molecule has 0 amide bonds. The maximum atomic E-state index is 12.2. The van der Waals surface area contributed by atoms with E-state index in [0.29, 0.717) is 17.4 Å². The molecule has 0 unspecified atom stereocenters.